The van der Waals surface area contributed by atoms with Gasteiger partial charge < -0.3 is 10.1 Å². The standard InChI is InChI=1S/C21H25N3O5S2/c1-15-6-7-16(21(26)29-2)12-18(15)23-19(25)14-30-20-9-8-17(13-22-20)31(27,28)24-10-4-3-5-11-24/h6-9,12-13H,3-5,10-11,14H2,1-2H3,(H,23,25). The third-order valence-electron chi connectivity index (χ3n) is 4.95. The molecule has 0 saturated carbocycles. The zero-order chi connectivity index (χ0) is 22.4. The summed E-state index contributed by atoms with van der Waals surface area (Å²) in [6, 6.07) is 8.08. The molecule has 0 unspecified atom stereocenters. The number of hydrogen-bond acceptors (Lipinski definition) is 7. The number of esters is 1. The van der Waals surface area contributed by atoms with Crippen molar-refractivity contribution in [2.24, 2.45) is 0 Å². The van der Waals surface area contributed by atoms with Crippen molar-refractivity contribution in [1.29, 1.82) is 0 Å². The van der Waals surface area contributed by atoms with E-state index in [2.05, 4.69) is 10.3 Å². The summed E-state index contributed by atoms with van der Waals surface area (Å²) < 4.78 is 31.6. The Hall–Kier alpha value is -2.43. The first-order valence-corrected chi connectivity index (χ1v) is 12.3. The monoisotopic (exact) mass is 463 g/mol. The molecule has 8 nitrogen and oxygen atoms in total. The molecule has 10 heteroatoms. The minimum Gasteiger partial charge on any atom is -0.465 e. The van der Waals surface area contributed by atoms with Gasteiger partial charge in [-0.05, 0) is 49.6 Å². The van der Waals surface area contributed by atoms with Crippen LogP contribution in [0.1, 0.15) is 35.2 Å². The molecule has 0 atom stereocenters. The van der Waals surface area contributed by atoms with Gasteiger partial charge >= 0.3 is 5.97 Å². The lowest BCUT2D eigenvalue weighted by Crippen LogP contribution is -2.35. The summed E-state index contributed by atoms with van der Waals surface area (Å²) in [6.07, 6.45) is 4.14. The first-order chi connectivity index (χ1) is 14.8. The van der Waals surface area contributed by atoms with Gasteiger partial charge in [-0.3, -0.25) is 4.79 Å². The molecule has 166 valence electrons. The van der Waals surface area contributed by atoms with Gasteiger partial charge in [0.15, 0.2) is 0 Å². The number of nitrogens with zero attached hydrogens (tertiary/aromatic N) is 2. The predicted octanol–water partition coefficient (Wildman–Crippen LogP) is 3.08. The highest BCUT2D eigenvalue weighted by Crippen LogP contribution is 2.23. The highest BCUT2D eigenvalue weighted by atomic mass is 32.2. The highest BCUT2D eigenvalue weighted by Gasteiger charge is 2.26. The molecule has 0 bridgehead atoms. The Labute approximate surface area is 186 Å². The van der Waals surface area contributed by atoms with Crippen LogP contribution < -0.4 is 5.32 Å². The molecule has 1 aliphatic heterocycles. The molecule has 2 heterocycles. The van der Waals surface area contributed by atoms with Crippen molar-refractivity contribution in [2.45, 2.75) is 36.1 Å². The largest absolute Gasteiger partial charge is 0.465 e. The van der Waals surface area contributed by atoms with Crippen LogP contribution in [0.5, 0.6) is 0 Å². The van der Waals surface area contributed by atoms with Crippen molar-refractivity contribution >= 4 is 39.3 Å². The summed E-state index contributed by atoms with van der Waals surface area (Å²) in [5.41, 5.74) is 1.70. The van der Waals surface area contributed by atoms with Crippen molar-refractivity contribution in [2.75, 3.05) is 31.3 Å². The van der Waals surface area contributed by atoms with E-state index in [1.165, 1.54) is 35.4 Å². The second-order valence-electron chi connectivity index (χ2n) is 7.16. The highest BCUT2D eigenvalue weighted by molar-refractivity contribution is 7.99. The minimum absolute atomic E-state index is 0.0904. The number of aryl methyl sites for hydroxylation is 1. The van der Waals surface area contributed by atoms with Crippen LogP contribution in [0.25, 0.3) is 0 Å². The van der Waals surface area contributed by atoms with Gasteiger partial charge in [-0.1, -0.05) is 24.2 Å². The van der Waals surface area contributed by atoms with E-state index in [4.69, 9.17) is 4.74 Å². The molecule has 1 N–H and O–H groups in total. The molecule has 1 aromatic carbocycles. The quantitative estimate of drug-likeness (QED) is 0.497. The molecule has 0 spiro atoms. The normalized spacial score (nSPS) is 14.8. The SMILES string of the molecule is COC(=O)c1ccc(C)c(NC(=O)CSc2ccc(S(=O)(=O)N3CCCCC3)cn2)c1. The van der Waals surface area contributed by atoms with Crippen LogP contribution in [0.4, 0.5) is 5.69 Å². The van der Waals surface area contributed by atoms with E-state index in [1.807, 2.05) is 6.92 Å². The Bertz CT molecular complexity index is 1050. The predicted molar refractivity (Wildman–Crippen MR) is 119 cm³/mol. The number of sulfonamides is 1. The van der Waals surface area contributed by atoms with E-state index in [9.17, 15) is 18.0 Å². The number of carbonyl (C=O) groups excluding carboxylic acids is 2. The number of ether oxygens (including phenoxy) is 1. The maximum atomic E-state index is 12.7. The number of pyridine rings is 1. The van der Waals surface area contributed by atoms with Crippen molar-refractivity contribution < 1.29 is 22.7 Å². The third-order valence-corrected chi connectivity index (χ3v) is 7.77. The number of aromatic nitrogens is 1. The molecule has 1 aromatic heterocycles. The number of nitrogens with one attached hydrogen (secondary N) is 1. The van der Waals surface area contributed by atoms with Gasteiger partial charge in [-0.25, -0.2) is 18.2 Å². The molecule has 1 fully saturated rings. The van der Waals surface area contributed by atoms with E-state index in [1.54, 1.807) is 24.3 Å². The second kappa shape index (κ2) is 10.3. The molecule has 31 heavy (non-hydrogen) atoms. The minimum atomic E-state index is -3.52. The van der Waals surface area contributed by atoms with E-state index in [0.717, 1.165) is 24.8 Å². The van der Waals surface area contributed by atoms with Crippen LogP contribution >= 0.6 is 11.8 Å². The van der Waals surface area contributed by atoms with Gasteiger partial charge in [-0.2, -0.15) is 4.31 Å². The number of rotatable bonds is 7. The molecular weight excluding hydrogens is 438 g/mol. The number of amides is 1. The summed E-state index contributed by atoms with van der Waals surface area (Å²) in [4.78, 5) is 28.4. The fourth-order valence-electron chi connectivity index (χ4n) is 3.19. The number of hydrogen-bond donors (Lipinski definition) is 1. The van der Waals surface area contributed by atoms with Crippen molar-refractivity contribution in [1.82, 2.24) is 9.29 Å². The first kappa shape index (κ1) is 23.2. The average Bonchev–Trinajstić information content (AvgIpc) is 2.79. The molecule has 3 rings (SSSR count). The lowest BCUT2D eigenvalue weighted by molar-refractivity contribution is -0.113. The second-order valence-corrected chi connectivity index (χ2v) is 10.1. The number of piperidine rings is 1. The van der Waals surface area contributed by atoms with Gasteiger partial charge in [0, 0.05) is 25.0 Å². The molecule has 2 aromatic rings. The summed E-state index contributed by atoms with van der Waals surface area (Å²) in [5.74, 6) is -0.650. The number of thioether (sulfide) groups is 1. The van der Waals surface area contributed by atoms with E-state index in [-0.39, 0.29) is 16.6 Å². The fraction of sp³-hybridized carbons (Fsp3) is 0.381. The topological polar surface area (TPSA) is 106 Å². The maximum absolute atomic E-state index is 12.7. The van der Waals surface area contributed by atoms with Gasteiger partial charge in [0.05, 0.1) is 23.5 Å². The van der Waals surface area contributed by atoms with E-state index < -0.39 is 16.0 Å². The summed E-state index contributed by atoms with van der Waals surface area (Å²) in [5, 5.41) is 3.33. The van der Waals surface area contributed by atoms with Gasteiger partial charge in [0.25, 0.3) is 0 Å². The summed E-state index contributed by atoms with van der Waals surface area (Å²) >= 11 is 1.20. The lowest BCUT2D eigenvalue weighted by Gasteiger charge is -2.25. The fourth-order valence-corrected chi connectivity index (χ4v) is 5.29. The van der Waals surface area contributed by atoms with Gasteiger partial charge in [0.2, 0.25) is 15.9 Å². The molecular formula is C21H25N3O5S2. The third kappa shape index (κ3) is 5.84. The molecule has 1 saturated heterocycles. The first-order valence-electron chi connectivity index (χ1n) is 9.89. The Morgan fingerprint density at radius 2 is 1.90 bits per heavy atom. The zero-order valence-corrected chi connectivity index (χ0v) is 19.1. The Balaban J connectivity index is 1.59. The number of anilines is 1. The average molecular weight is 464 g/mol. The van der Waals surface area contributed by atoms with Crippen LogP contribution in [0, 0.1) is 6.92 Å². The maximum Gasteiger partial charge on any atom is 0.337 e. The van der Waals surface area contributed by atoms with Crippen molar-refractivity contribution in [3.05, 3.63) is 47.7 Å². The van der Waals surface area contributed by atoms with Crippen LogP contribution in [-0.4, -0.2) is 55.5 Å². The lowest BCUT2D eigenvalue weighted by atomic mass is 10.1. The van der Waals surface area contributed by atoms with Crippen LogP contribution in [0.3, 0.4) is 0 Å². The van der Waals surface area contributed by atoms with E-state index in [0.29, 0.717) is 29.4 Å². The summed E-state index contributed by atoms with van der Waals surface area (Å²) in [6.45, 7) is 2.90. The van der Waals surface area contributed by atoms with Crippen LogP contribution in [0.15, 0.2) is 46.5 Å². The number of methoxy groups -OCH3 is 1. The Kier molecular flexibility index (Phi) is 7.69. The van der Waals surface area contributed by atoms with Crippen molar-refractivity contribution in [3.63, 3.8) is 0 Å². The van der Waals surface area contributed by atoms with Crippen LogP contribution in [-0.2, 0) is 19.6 Å². The van der Waals surface area contributed by atoms with E-state index >= 15 is 0 Å². The molecule has 0 radical (unpaired) electrons. The molecule has 1 amide bonds. The van der Waals surface area contributed by atoms with Crippen LogP contribution in [0.2, 0.25) is 0 Å². The number of benzene rings is 1. The molecule has 0 aliphatic carbocycles. The van der Waals surface area contributed by atoms with Crippen molar-refractivity contribution in [3.8, 4) is 0 Å². The smallest absolute Gasteiger partial charge is 0.337 e. The van der Waals surface area contributed by atoms with Gasteiger partial charge in [0.1, 0.15) is 4.90 Å². The molecule has 1 aliphatic rings. The number of carbonyl (C=O) groups is 2. The van der Waals surface area contributed by atoms with Gasteiger partial charge in [-0.15, -0.1) is 0 Å². The zero-order valence-electron chi connectivity index (χ0n) is 17.5. The Morgan fingerprint density at radius 1 is 1.16 bits per heavy atom. The Morgan fingerprint density at radius 3 is 2.55 bits per heavy atom. The summed E-state index contributed by atoms with van der Waals surface area (Å²) in [7, 11) is -2.23.